The number of aryl methyl sites for hydroxylation is 1. The van der Waals surface area contributed by atoms with E-state index in [1.54, 1.807) is 12.1 Å². The van der Waals surface area contributed by atoms with E-state index in [2.05, 4.69) is 25.3 Å². The lowest BCUT2D eigenvalue weighted by atomic mass is 10.0. The highest BCUT2D eigenvalue weighted by Gasteiger charge is 2.17. The topological polar surface area (TPSA) is 231 Å². The predicted molar refractivity (Wildman–Crippen MR) is 230 cm³/mol. The predicted octanol–water partition coefficient (Wildman–Crippen LogP) is 5.62. The van der Waals surface area contributed by atoms with Gasteiger partial charge in [0.2, 0.25) is 11.9 Å². The van der Waals surface area contributed by atoms with Crippen LogP contribution in [0.5, 0.6) is 0 Å². The van der Waals surface area contributed by atoms with Crippen molar-refractivity contribution in [1.82, 2.24) is 20.6 Å². The number of hydrogen-bond acceptors (Lipinski definition) is 13. The second-order valence-corrected chi connectivity index (χ2v) is 17.2. The fraction of sp³-hybridized carbons (Fsp3) is 0.674. The van der Waals surface area contributed by atoms with E-state index in [4.69, 9.17) is 28.8 Å². The third-order valence-electron chi connectivity index (χ3n) is 8.94. The Kier molecular flexibility index (Phi) is 27.4. The summed E-state index contributed by atoms with van der Waals surface area (Å²) in [5, 5.41) is 13.7. The van der Waals surface area contributed by atoms with Crippen molar-refractivity contribution < 1.29 is 56.4 Å². The van der Waals surface area contributed by atoms with Gasteiger partial charge in [-0.15, -0.1) is 0 Å². The molecule has 344 valence electrons. The molecule has 0 spiro atoms. The summed E-state index contributed by atoms with van der Waals surface area (Å²) in [5.74, 6) is -2.09. The average molecular weight is 880 g/mol. The first-order valence-corrected chi connectivity index (χ1v) is 23.0. The largest absolute Gasteiger partial charge is 0.480 e. The van der Waals surface area contributed by atoms with E-state index < -0.39 is 27.5 Å². The van der Waals surface area contributed by atoms with Crippen molar-refractivity contribution in [3.63, 3.8) is 0 Å². The van der Waals surface area contributed by atoms with Gasteiger partial charge >= 0.3 is 11.9 Å². The second kappa shape index (κ2) is 31.6. The molecule has 0 saturated carbocycles. The number of rotatable bonds is 36. The number of ether oxygens (including phenoxy) is 5. The number of carbonyl (C=O) groups is 4. The minimum Gasteiger partial charge on any atom is -0.480 e. The molecule has 0 atom stereocenters. The lowest BCUT2D eigenvalue weighted by molar-refractivity contribution is -0.155. The number of sulfonamides is 1. The van der Waals surface area contributed by atoms with Gasteiger partial charge in [-0.25, -0.2) is 27.9 Å². The van der Waals surface area contributed by atoms with Crippen LogP contribution in [0.2, 0.25) is 0 Å². The summed E-state index contributed by atoms with van der Waals surface area (Å²) in [6.45, 7) is 6.77. The van der Waals surface area contributed by atoms with E-state index >= 15 is 0 Å². The number of nitrogens with one attached hydrogen (secondary N) is 3. The van der Waals surface area contributed by atoms with Gasteiger partial charge in [-0.1, -0.05) is 82.8 Å². The molecule has 0 aliphatic rings. The summed E-state index contributed by atoms with van der Waals surface area (Å²) in [4.78, 5) is 54.4. The van der Waals surface area contributed by atoms with Crippen LogP contribution in [0.3, 0.4) is 0 Å². The van der Waals surface area contributed by atoms with Crippen molar-refractivity contribution in [3.05, 3.63) is 47.8 Å². The zero-order valence-corrected chi connectivity index (χ0v) is 37.2. The molecule has 2 rings (SSSR count). The molecular formula is C43H69N5O12S. The first kappa shape index (κ1) is 52.9. The molecule has 0 saturated heterocycles. The Morgan fingerprint density at radius 2 is 1.13 bits per heavy atom. The summed E-state index contributed by atoms with van der Waals surface area (Å²) in [7, 11) is -3.93. The summed E-state index contributed by atoms with van der Waals surface area (Å²) in [6.07, 6.45) is 19.2. The van der Waals surface area contributed by atoms with Gasteiger partial charge in [0.25, 0.3) is 15.9 Å². The van der Waals surface area contributed by atoms with Gasteiger partial charge in [0.05, 0.1) is 50.1 Å². The maximum absolute atomic E-state index is 12.9. The molecule has 0 bridgehead atoms. The number of aliphatic carboxylic acids is 1. The zero-order chi connectivity index (χ0) is 44.6. The highest BCUT2D eigenvalue weighted by Crippen LogP contribution is 2.18. The molecule has 2 amide bonds. The van der Waals surface area contributed by atoms with E-state index in [1.807, 2.05) is 32.9 Å². The van der Waals surface area contributed by atoms with E-state index in [0.29, 0.717) is 6.42 Å². The Hall–Kier alpha value is -4.23. The van der Waals surface area contributed by atoms with E-state index in [0.717, 1.165) is 37.7 Å². The minimum atomic E-state index is -3.93. The monoisotopic (exact) mass is 879 g/mol. The fourth-order valence-electron chi connectivity index (χ4n) is 5.86. The van der Waals surface area contributed by atoms with Gasteiger partial charge in [0, 0.05) is 31.9 Å². The van der Waals surface area contributed by atoms with Crippen LogP contribution >= 0.6 is 0 Å². The van der Waals surface area contributed by atoms with Gasteiger partial charge in [-0.3, -0.25) is 14.4 Å². The van der Waals surface area contributed by atoms with Crippen molar-refractivity contribution in [2.24, 2.45) is 0 Å². The number of carboxylic acids is 1. The number of esters is 1. The molecule has 4 N–H and O–H groups in total. The first-order chi connectivity index (χ1) is 29.2. The average Bonchev–Trinajstić information content (AvgIpc) is 3.20. The highest BCUT2D eigenvalue weighted by molar-refractivity contribution is 7.92. The molecule has 61 heavy (non-hydrogen) atoms. The number of carboxylic acid groups (broad SMARTS) is 1. The van der Waals surface area contributed by atoms with Gasteiger partial charge in [-0.05, 0) is 57.7 Å². The van der Waals surface area contributed by atoms with Crippen molar-refractivity contribution in [2.75, 3.05) is 70.7 Å². The number of aromatic nitrogens is 2. The van der Waals surface area contributed by atoms with Crippen molar-refractivity contribution >= 4 is 39.7 Å². The quantitative estimate of drug-likeness (QED) is 0.0481. The summed E-state index contributed by atoms with van der Waals surface area (Å²) >= 11 is 0. The lowest BCUT2D eigenvalue weighted by Gasteiger charge is -2.19. The Morgan fingerprint density at radius 1 is 0.639 bits per heavy atom. The molecule has 2 aromatic rings. The van der Waals surface area contributed by atoms with Gasteiger partial charge < -0.3 is 39.4 Å². The number of amides is 2. The summed E-state index contributed by atoms with van der Waals surface area (Å²) in [6, 6.07) is 6.80. The Labute approximate surface area is 361 Å². The highest BCUT2D eigenvalue weighted by atomic mass is 32.2. The molecule has 1 aromatic heterocycles. The Bertz CT molecular complexity index is 1640. The van der Waals surface area contributed by atoms with Gasteiger partial charge in [0.15, 0.2) is 0 Å². The third kappa shape index (κ3) is 28.1. The van der Waals surface area contributed by atoms with Gasteiger partial charge in [0.1, 0.15) is 18.8 Å². The number of carbonyl (C=O) groups excluding carboxylic acids is 3. The van der Waals surface area contributed by atoms with Crippen LogP contribution in [0.15, 0.2) is 41.6 Å². The number of anilines is 1. The molecular weight excluding hydrogens is 811 g/mol. The van der Waals surface area contributed by atoms with Crippen LogP contribution < -0.4 is 15.4 Å². The smallest absolute Gasteiger partial charge is 0.329 e. The van der Waals surface area contributed by atoms with Crippen LogP contribution in [-0.2, 0) is 54.5 Å². The number of benzene rings is 1. The Balaban J connectivity index is 1.48. The third-order valence-corrected chi connectivity index (χ3v) is 10.3. The molecule has 0 fully saturated rings. The van der Waals surface area contributed by atoms with Crippen LogP contribution in [0, 0.1) is 0 Å². The SMILES string of the molecule is CC(C)(C)OC(=O)CCCCCCCCCCCCCCCc1ccc(S(=O)(=O)Nc2ncc(C(=O)NCCOCCOCC(=O)NCCOCCOCC(=O)O)cn2)cc1. The second-order valence-electron chi connectivity index (χ2n) is 15.6. The van der Waals surface area contributed by atoms with Crippen molar-refractivity contribution in [2.45, 2.75) is 128 Å². The molecule has 18 heteroatoms. The number of hydrogen-bond donors (Lipinski definition) is 4. The molecule has 1 aromatic carbocycles. The maximum Gasteiger partial charge on any atom is 0.329 e. The standard InChI is InChI=1S/C43H69N5O12S/c1-43(2,3)60-40(52)18-16-14-12-10-8-6-4-5-7-9-11-13-15-17-35-19-21-37(22-20-35)61(54,55)48-42-46-31-36(32-47-42)41(53)45-24-26-57-27-29-58-33-38(49)44-23-25-56-28-30-59-34-39(50)51/h19-22,31-32H,4-18,23-30,33-34H2,1-3H3,(H,44,49)(H,45,53)(H,50,51)(H,46,47,48). The van der Waals surface area contributed by atoms with Crippen molar-refractivity contribution in [3.8, 4) is 0 Å². The molecule has 0 unspecified atom stereocenters. The molecule has 0 aliphatic heterocycles. The first-order valence-electron chi connectivity index (χ1n) is 21.5. The van der Waals surface area contributed by atoms with Crippen LogP contribution in [0.4, 0.5) is 5.95 Å². The van der Waals surface area contributed by atoms with Crippen LogP contribution in [-0.4, -0.2) is 119 Å². The van der Waals surface area contributed by atoms with Crippen molar-refractivity contribution in [1.29, 1.82) is 0 Å². The normalized spacial score (nSPS) is 11.6. The molecule has 0 radical (unpaired) electrons. The summed E-state index contributed by atoms with van der Waals surface area (Å²) in [5.41, 5.74) is 0.820. The van der Waals surface area contributed by atoms with E-state index in [1.165, 1.54) is 70.2 Å². The molecule has 17 nitrogen and oxygen atoms in total. The zero-order valence-electron chi connectivity index (χ0n) is 36.4. The van der Waals surface area contributed by atoms with Gasteiger partial charge in [-0.2, -0.15) is 0 Å². The fourth-order valence-corrected chi connectivity index (χ4v) is 6.82. The molecule has 0 aliphatic carbocycles. The minimum absolute atomic E-state index is 0.0922. The lowest BCUT2D eigenvalue weighted by Crippen LogP contribution is -2.31. The van der Waals surface area contributed by atoms with E-state index in [-0.39, 0.29) is 94.2 Å². The van der Waals surface area contributed by atoms with Crippen LogP contribution in [0.1, 0.15) is 127 Å². The Morgan fingerprint density at radius 3 is 1.67 bits per heavy atom. The van der Waals surface area contributed by atoms with E-state index in [9.17, 15) is 27.6 Å². The number of unbranched alkanes of at least 4 members (excludes halogenated alkanes) is 12. The maximum atomic E-state index is 12.9. The van der Waals surface area contributed by atoms with Crippen LogP contribution in [0.25, 0.3) is 0 Å². The number of nitrogens with zero attached hydrogens (tertiary/aromatic N) is 2. The molecule has 1 heterocycles. The summed E-state index contributed by atoms with van der Waals surface area (Å²) < 4.78 is 54.3.